The molecule has 0 aromatic heterocycles. The van der Waals surface area contributed by atoms with Gasteiger partial charge in [0.15, 0.2) is 0 Å². The summed E-state index contributed by atoms with van der Waals surface area (Å²) in [6.07, 6.45) is -0.780. The maximum Gasteiger partial charge on any atom is 0.408 e. The summed E-state index contributed by atoms with van der Waals surface area (Å²) in [5.74, 6) is -0.728. The third kappa shape index (κ3) is 7.80. The second kappa shape index (κ2) is 11.3. The number of carbonyl (C=O) groups excluding carboxylic acids is 3. The van der Waals surface area contributed by atoms with Gasteiger partial charge in [-0.15, -0.1) is 0 Å². The minimum atomic E-state index is -1.12. The second-order valence-electron chi connectivity index (χ2n) is 8.52. The van der Waals surface area contributed by atoms with Gasteiger partial charge < -0.3 is 19.7 Å². The van der Waals surface area contributed by atoms with Crippen LogP contribution < -0.4 is 15.5 Å². The summed E-state index contributed by atoms with van der Waals surface area (Å²) < 4.78 is 11.1. The predicted octanol–water partition coefficient (Wildman–Crippen LogP) is 3.18. The van der Waals surface area contributed by atoms with Crippen LogP contribution in [0, 0.1) is 0 Å². The molecule has 0 aliphatic carbocycles. The van der Waals surface area contributed by atoms with E-state index in [-0.39, 0.29) is 0 Å². The molecule has 2 atom stereocenters. The molecule has 0 bridgehead atoms. The summed E-state index contributed by atoms with van der Waals surface area (Å²) in [5, 5.41) is 11.5. The first-order valence-corrected chi connectivity index (χ1v) is 10.5. The van der Waals surface area contributed by atoms with Crippen LogP contribution in [0.15, 0.2) is 54.6 Å². The van der Waals surface area contributed by atoms with Gasteiger partial charge in [0.1, 0.15) is 30.0 Å². The number of ether oxygens (including phenoxy) is 2. The Kier molecular flexibility index (Phi) is 8.81. The Hall–Kier alpha value is -3.59. The van der Waals surface area contributed by atoms with Crippen molar-refractivity contribution in [2.45, 2.75) is 52.0 Å². The van der Waals surface area contributed by atoms with Crippen molar-refractivity contribution in [1.82, 2.24) is 15.7 Å². The average Bonchev–Trinajstić information content (AvgIpc) is 2.79. The van der Waals surface area contributed by atoms with Crippen molar-refractivity contribution in [2.75, 3.05) is 7.05 Å². The molecule has 3 N–H and O–H groups in total. The van der Waals surface area contributed by atoms with E-state index in [0.29, 0.717) is 17.9 Å². The van der Waals surface area contributed by atoms with Crippen LogP contribution in [0.2, 0.25) is 0 Å². The first kappa shape index (κ1) is 25.7. The lowest BCUT2D eigenvalue weighted by Gasteiger charge is -2.29. The fourth-order valence-electron chi connectivity index (χ4n) is 2.87. The SMILES string of the molecule is C[C@@H](C(=O)NO)N(C)C(=O)[C@@H](NC(=O)OC(C)(C)C)c1ccc(OCc2ccccc2)cc1. The van der Waals surface area contributed by atoms with E-state index in [1.807, 2.05) is 30.3 Å². The number of rotatable bonds is 8. The van der Waals surface area contributed by atoms with Crippen molar-refractivity contribution in [3.8, 4) is 5.75 Å². The number of likely N-dealkylation sites (N-methyl/N-ethyl adjacent to an activating group) is 1. The summed E-state index contributed by atoms with van der Waals surface area (Å²) in [7, 11) is 1.41. The number of hydroxylamine groups is 1. The van der Waals surface area contributed by atoms with Gasteiger partial charge in [0.2, 0.25) is 5.91 Å². The zero-order valence-electron chi connectivity index (χ0n) is 19.5. The molecule has 178 valence electrons. The molecule has 0 aliphatic heterocycles. The molecular weight excluding hydrogens is 426 g/mol. The Labute approximate surface area is 193 Å². The lowest BCUT2D eigenvalue weighted by molar-refractivity contribution is -0.143. The van der Waals surface area contributed by atoms with Crippen LogP contribution in [-0.4, -0.2) is 46.7 Å². The van der Waals surface area contributed by atoms with Crippen molar-refractivity contribution in [1.29, 1.82) is 0 Å². The molecule has 33 heavy (non-hydrogen) atoms. The maximum absolute atomic E-state index is 13.2. The first-order valence-electron chi connectivity index (χ1n) is 10.5. The first-order chi connectivity index (χ1) is 15.5. The van der Waals surface area contributed by atoms with Crippen LogP contribution in [0.5, 0.6) is 5.75 Å². The number of carbonyl (C=O) groups is 3. The quantitative estimate of drug-likeness (QED) is 0.414. The van der Waals surface area contributed by atoms with E-state index in [9.17, 15) is 14.4 Å². The maximum atomic E-state index is 13.2. The number of amides is 3. The van der Waals surface area contributed by atoms with Gasteiger partial charge in [-0.05, 0) is 51.0 Å². The molecule has 0 radical (unpaired) electrons. The van der Waals surface area contributed by atoms with Gasteiger partial charge in [0.05, 0.1) is 0 Å². The summed E-state index contributed by atoms with van der Waals surface area (Å²) in [4.78, 5) is 38.5. The van der Waals surface area contributed by atoms with Gasteiger partial charge >= 0.3 is 6.09 Å². The number of hydrogen-bond donors (Lipinski definition) is 3. The summed E-state index contributed by atoms with van der Waals surface area (Å²) in [5.41, 5.74) is 2.25. The minimum absolute atomic E-state index is 0.384. The molecule has 0 saturated carbocycles. The van der Waals surface area contributed by atoms with Crippen LogP contribution in [0.25, 0.3) is 0 Å². The van der Waals surface area contributed by atoms with Gasteiger partial charge in [0, 0.05) is 7.05 Å². The fourth-order valence-corrected chi connectivity index (χ4v) is 2.87. The molecule has 2 aromatic carbocycles. The Morgan fingerprint density at radius 1 is 1.03 bits per heavy atom. The minimum Gasteiger partial charge on any atom is -0.489 e. The van der Waals surface area contributed by atoms with Crippen LogP contribution in [-0.2, 0) is 20.9 Å². The topological polar surface area (TPSA) is 117 Å². The molecule has 0 fully saturated rings. The summed E-state index contributed by atoms with van der Waals surface area (Å²) >= 11 is 0. The van der Waals surface area contributed by atoms with Crippen LogP contribution in [0.1, 0.15) is 44.9 Å². The molecule has 0 heterocycles. The Bertz CT molecular complexity index is 941. The van der Waals surface area contributed by atoms with Gasteiger partial charge in [-0.1, -0.05) is 42.5 Å². The Balaban J connectivity index is 2.21. The summed E-state index contributed by atoms with van der Waals surface area (Å²) in [6, 6.07) is 14.3. The van der Waals surface area contributed by atoms with Gasteiger partial charge in [-0.3, -0.25) is 14.8 Å². The molecule has 9 heteroatoms. The van der Waals surface area contributed by atoms with Gasteiger partial charge in [0.25, 0.3) is 5.91 Å². The molecule has 3 amide bonds. The van der Waals surface area contributed by atoms with E-state index in [1.54, 1.807) is 45.0 Å². The Morgan fingerprint density at radius 3 is 2.18 bits per heavy atom. The molecule has 0 saturated heterocycles. The van der Waals surface area contributed by atoms with Crippen molar-refractivity contribution in [3.63, 3.8) is 0 Å². The standard InChI is InChI=1S/C24H31N3O6/c1-16(21(28)26-31)27(5)22(29)20(25-23(30)33-24(2,3)4)18-11-13-19(14-12-18)32-15-17-9-7-6-8-10-17/h6-14,16,20,31H,15H2,1-5H3,(H,25,30)(H,26,28)/t16-,20-/m0/s1. The smallest absolute Gasteiger partial charge is 0.408 e. The molecule has 2 rings (SSSR count). The zero-order chi connectivity index (χ0) is 24.6. The lowest BCUT2D eigenvalue weighted by atomic mass is 10.0. The van der Waals surface area contributed by atoms with E-state index in [2.05, 4.69) is 5.32 Å². The number of nitrogens with zero attached hydrogens (tertiary/aromatic N) is 1. The molecule has 2 aromatic rings. The molecule has 9 nitrogen and oxygen atoms in total. The van der Waals surface area contributed by atoms with Crippen LogP contribution >= 0.6 is 0 Å². The average molecular weight is 458 g/mol. The van der Waals surface area contributed by atoms with E-state index < -0.39 is 35.6 Å². The van der Waals surface area contributed by atoms with E-state index in [0.717, 1.165) is 10.5 Å². The van der Waals surface area contributed by atoms with Crippen LogP contribution in [0.4, 0.5) is 4.79 Å². The highest BCUT2D eigenvalue weighted by molar-refractivity contribution is 5.91. The van der Waals surface area contributed by atoms with Gasteiger partial charge in [-0.25, -0.2) is 10.3 Å². The molecule has 0 spiro atoms. The monoisotopic (exact) mass is 457 g/mol. The van der Waals surface area contributed by atoms with E-state index in [1.165, 1.54) is 19.5 Å². The molecule has 0 aliphatic rings. The number of benzene rings is 2. The highest BCUT2D eigenvalue weighted by Gasteiger charge is 2.32. The largest absolute Gasteiger partial charge is 0.489 e. The second-order valence-corrected chi connectivity index (χ2v) is 8.52. The Morgan fingerprint density at radius 2 is 1.64 bits per heavy atom. The van der Waals surface area contributed by atoms with Gasteiger partial charge in [-0.2, -0.15) is 0 Å². The third-order valence-corrected chi connectivity index (χ3v) is 4.79. The molecular formula is C24H31N3O6. The number of nitrogens with one attached hydrogen (secondary N) is 2. The van der Waals surface area contributed by atoms with E-state index >= 15 is 0 Å². The van der Waals surface area contributed by atoms with Crippen molar-refractivity contribution >= 4 is 17.9 Å². The van der Waals surface area contributed by atoms with Crippen molar-refractivity contribution in [2.24, 2.45) is 0 Å². The highest BCUT2D eigenvalue weighted by atomic mass is 16.6. The third-order valence-electron chi connectivity index (χ3n) is 4.79. The number of alkyl carbamates (subject to hydrolysis) is 1. The zero-order valence-corrected chi connectivity index (χ0v) is 19.5. The predicted molar refractivity (Wildman–Crippen MR) is 121 cm³/mol. The number of hydrogen-bond acceptors (Lipinski definition) is 6. The van der Waals surface area contributed by atoms with Crippen molar-refractivity contribution < 1.29 is 29.1 Å². The molecule has 0 unspecified atom stereocenters. The van der Waals surface area contributed by atoms with Crippen molar-refractivity contribution in [3.05, 3.63) is 65.7 Å². The van der Waals surface area contributed by atoms with E-state index in [4.69, 9.17) is 14.7 Å². The van der Waals surface area contributed by atoms with Crippen LogP contribution in [0.3, 0.4) is 0 Å². The fraction of sp³-hybridized carbons (Fsp3) is 0.375. The highest BCUT2D eigenvalue weighted by Crippen LogP contribution is 2.22. The lowest BCUT2D eigenvalue weighted by Crippen LogP contribution is -2.50. The normalized spacial score (nSPS) is 12.8. The summed E-state index contributed by atoms with van der Waals surface area (Å²) in [6.45, 7) is 6.97.